The molecule has 1 aromatic carbocycles. The predicted octanol–water partition coefficient (Wildman–Crippen LogP) is 3.05. The average molecular weight is 262 g/mol. The van der Waals surface area contributed by atoms with Gasteiger partial charge in [-0.3, -0.25) is 0 Å². The van der Waals surface area contributed by atoms with Crippen LogP contribution in [-0.4, -0.2) is 13.7 Å². The van der Waals surface area contributed by atoms with Gasteiger partial charge in [0.05, 0.1) is 7.11 Å². The van der Waals surface area contributed by atoms with E-state index in [2.05, 4.69) is 33.0 Å². The Labute approximate surface area is 116 Å². The Hall–Kier alpha value is -1.22. The second kappa shape index (κ2) is 4.71. The van der Waals surface area contributed by atoms with Gasteiger partial charge >= 0.3 is 0 Å². The van der Waals surface area contributed by atoms with E-state index in [1.165, 1.54) is 0 Å². The van der Waals surface area contributed by atoms with Crippen molar-refractivity contribution in [2.24, 2.45) is 16.7 Å². The van der Waals surface area contributed by atoms with Crippen molar-refractivity contribution in [2.45, 2.75) is 34.2 Å². The lowest BCUT2D eigenvalue weighted by Gasteiger charge is -2.11. The van der Waals surface area contributed by atoms with E-state index in [1.807, 2.05) is 18.2 Å². The summed E-state index contributed by atoms with van der Waals surface area (Å²) in [5.74, 6) is 1.60. The number of hydrogen-bond donors (Lipinski definition) is 2. The predicted molar refractivity (Wildman–Crippen MR) is 80.2 cm³/mol. The molecule has 19 heavy (non-hydrogen) atoms. The second-order valence-electron chi connectivity index (χ2n) is 6.70. The van der Waals surface area contributed by atoms with Crippen molar-refractivity contribution in [2.75, 3.05) is 19.4 Å². The molecule has 3 N–H and O–H groups in total. The van der Waals surface area contributed by atoms with E-state index in [0.717, 1.165) is 36.0 Å². The summed E-state index contributed by atoms with van der Waals surface area (Å²) in [5.41, 5.74) is 8.53. The van der Waals surface area contributed by atoms with Crippen LogP contribution in [0.4, 0.5) is 5.69 Å². The Balaban J connectivity index is 1.91. The fraction of sp³-hybridized carbons (Fsp3) is 0.625. The topological polar surface area (TPSA) is 47.3 Å². The SMILES string of the molecule is COc1cc(N)ccc1CNCC1C(C)(C)C1(C)C. The number of benzene rings is 1. The lowest BCUT2D eigenvalue weighted by atomic mass is 10.0. The van der Waals surface area contributed by atoms with Crippen LogP contribution in [0.25, 0.3) is 0 Å². The van der Waals surface area contributed by atoms with Crippen molar-refractivity contribution in [1.82, 2.24) is 5.32 Å². The maximum absolute atomic E-state index is 5.76. The number of methoxy groups -OCH3 is 1. The molecule has 1 aliphatic rings. The lowest BCUT2D eigenvalue weighted by Crippen LogP contribution is -2.19. The standard InChI is InChI=1S/C16H26N2O/c1-15(2)14(16(15,3)4)10-18-9-11-6-7-12(17)8-13(11)19-5/h6-8,14,18H,9-10,17H2,1-5H3. The lowest BCUT2D eigenvalue weighted by molar-refractivity contribution is 0.407. The van der Waals surface area contributed by atoms with Crippen LogP contribution >= 0.6 is 0 Å². The Morgan fingerprint density at radius 1 is 1.21 bits per heavy atom. The van der Waals surface area contributed by atoms with E-state index in [-0.39, 0.29) is 0 Å². The molecule has 1 fully saturated rings. The van der Waals surface area contributed by atoms with Crippen molar-refractivity contribution in [3.63, 3.8) is 0 Å². The van der Waals surface area contributed by atoms with Gasteiger partial charge in [0.25, 0.3) is 0 Å². The molecule has 2 rings (SSSR count). The van der Waals surface area contributed by atoms with Gasteiger partial charge in [0.2, 0.25) is 0 Å². The number of nitrogen functional groups attached to an aromatic ring is 1. The highest BCUT2D eigenvalue weighted by Gasteiger charge is 2.63. The van der Waals surface area contributed by atoms with E-state index >= 15 is 0 Å². The highest BCUT2D eigenvalue weighted by molar-refractivity contribution is 5.48. The van der Waals surface area contributed by atoms with Crippen LogP contribution in [0.15, 0.2) is 18.2 Å². The minimum absolute atomic E-state index is 0.436. The Kier molecular flexibility index (Phi) is 3.52. The summed E-state index contributed by atoms with van der Waals surface area (Å²) in [5, 5.41) is 3.55. The average Bonchev–Trinajstić information content (AvgIpc) is 2.73. The molecule has 0 amide bonds. The molecular weight excluding hydrogens is 236 g/mol. The summed E-state index contributed by atoms with van der Waals surface area (Å²) >= 11 is 0. The first-order valence-electron chi connectivity index (χ1n) is 6.94. The first kappa shape index (κ1) is 14.2. The first-order valence-corrected chi connectivity index (χ1v) is 6.94. The van der Waals surface area contributed by atoms with Gasteiger partial charge in [-0.1, -0.05) is 33.8 Å². The normalized spacial score (nSPS) is 20.3. The van der Waals surface area contributed by atoms with Crippen molar-refractivity contribution < 1.29 is 4.74 Å². The van der Waals surface area contributed by atoms with Gasteiger partial charge in [0, 0.05) is 23.9 Å². The van der Waals surface area contributed by atoms with Crippen molar-refractivity contribution in [3.8, 4) is 5.75 Å². The largest absolute Gasteiger partial charge is 0.496 e. The summed E-state index contributed by atoms with van der Waals surface area (Å²) in [6.07, 6.45) is 0. The molecule has 3 nitrogen and oxygen atoms in total. The number of nitrogens with one attached hydrogen (secondary N) is 1. The van der Waals surface area contributed by atoms with Crippen LogP contribution in [0.5, 0.6) is 5.75 Å². The molecule has 106 valence electrons. The van der Waals surface area contributed by atoms with E-state index < -0.39 is 0 Å². The molecule has 0 heterocycles. The zero-order chi connectivity index (χ0) is 14.3. The molecule has 0 unspecified atom stereocenters. The first-order chi connectivity index (χ1) is 8.80. The van der Waals surface area contributed by atoms with Crippen molar-refractivity contribution >= 4 is 5.69 Å². The number of ether oxygens (including phenoxy) is 1. The maximum Gasteiger partial charge on any atom is 0.125 e. The third-order valence-electron chi connectivity index (χ3n) is 5.29. The van der Waals surface area contributed by atoms with E-state index in [0.29, 0.717) is 10.8 Å². The van der Waals surface area contributed by atoms with Crippen LogP contribution in [0, 0.1) is 16.7 Å². The monoisotopic (exact) mass is 262 g/mol. The Morgan fingerprint density at radius 3 is 2.37 bits per heavy atom. The maximum atomic E-state index is 5.76. The number of hydrogen-bond acceptors (Lipinski definition) is 3. The van der Waals surface area contributed by atoms with Gasteiger partial charge in [-0.15, -0.1) is 0 Å². The van der Waals surface area contributed by atoms with Gasteiger partial charge < -0.3 is 15.8 Å². The summed E-state index contributed by atoms with van der Waals surface area (Å²) in [4.78, 5) is 0. The molecular formula is C16H26N2O. The van der Waals surface area contributed by atoms with Crippen molar-refractivity contribution in [3.05, 3.63) is 23.8 Å². The molecule has 0 spiro atoms. The van der Waals surface area contributed by atoms with Crippen molar-refractivity contribution in [1.29, 1.82) is 0 Å². The van der Waals surface area contributed by atoms with E-state index in [9.17, 15) is 0 Å². The Bertz CT molecular complexity index is 452. The van der Waals surface area contributed by atoms with Crippen LogP contribution in [-0.2, 0) is 6.54 Å². The number of nitrogens with two attached hydrogens (primary N) is 1. The summed E-state index contributed by atoms with van der Waals surface area (Å²) in [7, 11) is 1.69. The van der Waals surface area contributed by atoms with E-state index in [1.54, 1.807) is 7.11 Å². The van der Waals surface area contributed by atoms with Gasteiger partial charge in [-0.05, 0) is 29.4 Å². The summed E-state index contributed by atoms with van der Waals surface area (Å²) < 4.78 is 5.36. The summed E-state index contributed by atoms with van der Waals surface area (Å²) in [6.45, 7) is 11.3. The molecule has 1 saturated carbocycles. The number of anilines is 1. The van der Waals surface area contributed by atoms with Gasteiger partial charge in [0.15, 0.2) is 0 Å². The van der Waals surface area contributed by atoms with Crippen LogP contribution < -0.4 is 15.8 Å². The minimum Gasteiger partial charge on any atom is -0.496 e. The zero-order valence-corrected chi connectivity index (χ0v) is 12.7. The fourth-order valence-electron chi connectivity index (χ4n) is 3.10. The highest BCUT2D eigenvalue weighted by Crippen LogP contribution is 2.67. The molecule has 0 bridgehead atoms. The molecule has 3 heteroatoms. The third-order valence-corrected chi connectivity index (χ3v) is 5.29. The van der Waals surface area contributed by atoms with Gasteiger partial charge in [0.1, 0.15) is 5.75 Å². The fourth-order valence-corrected chi connectivity index (χ4v) is 3.10. The van der Waals surface area contributed by atoms with Gasteiger partial charge in [-0.2, -0.15) is 0 Å². The number of rotatable bonds is 5. The molecule has 1 aromatic rings. The minimum atomic E-state index is 0.436. The Morgan fingerprint density at radius 2 is 1.84 bits per heavy atom. The quantitative estimate of drug-likeness (QED) is 0.802. The van der Waals surface area contributed by atoms with Crippen LogP contribution in [0.2, 0.25) is 0 Å². The molecule has 1 aliphatic carbocycles. The summed E-state index contributed by atoms with van der Waals surface area (Å²) in [6, 6.07) is 5.83. The smallest absolute Gasteiger partial charge is 0.125 e. The van der Waals surface area contributed by atoms with E-state index in [4.69, 9.17) is 10.5 Å². The van der Waals surface area contributed by atoms with Crippen LogP contribution in [0.1, 0.15) is 33.3 Å². The molecule has 0 atom stereocenters. The molecule has 0 aromatic heterocycles. The third kappa shape index (κ3) is 2.44. The molecule has 0 radical (unpaired) electrons. The zero-order valence-electron chi connectivity index (χ0n) is 12.7. The molecule has 0 aliphatic heterocycles. The highest BCUT2D eigenvalue weighted by atomic mass is 16.5. The second-order valence-corrected chi connectivity index (χ2v) is 6.70. The van der Waals surface area contributed by atoms with Crippen LogP contribution in [0.3, 0.4) is 0 Å². The molecule has 0 saturated heterocycles. The van der Waals surface area contributed by atoms with Gasteiger partial charge in [-0.25, -0.2) is 0 Å².